The fourth-order valence-corrected chi connectivity index (χ4v) is 3.43. The number of aromatic amines is 1. The number of H-pyrrole nitrogens is 1. The van der Waals surface area contributed by atoms with Crippen molar-refractivity contribution in [2.45, 2.75) is 45.1 Å². The van der Waals surface area contributed by atoms with Gasteiger partial charge >= 0.3 is 12.0 Å². The Bertz CT molecular complexity index is 747. The minimum Gasteiger partial charge on any atom is -0.480 e. The summed E-state index contributed by atoms with van der Waals surface area (Å²) in [5.41, 5.74) is 1.99. The first kappa shape index (κ1) is 18.2. The number of aromatic nitrogens is 2. The molecular weight excluding hydrogens is 332 g/mol. The number of likely N-dealkylation sites (tertiary alicyclic amines) is 1. The minimum absolute atomic E-state index is 0.107. The normalized spacial score (nSPS) is 17.8. The van der Waals surface area contributed by atoms with Crippen LogP contribution in [0.25, 0.3) is 11.0 Å². The van der Waals surface area contributed by atoms with Crippen molar-refractivity contribution in [3.05, 3.63) is 30.1 Å². The SMILES string of the molecule is CC[C@H](C)[C@@H](NC(=O)N1CCC(c2nc3ccccc3[nH]2)CC1)C(=O)O. The number of hydrogen-bond donors (Lipinski definition) is 3. The number of nitrogens with zero attached hydrogens (tertiary/aromatic N) is 2. The molecule has 7 nitrogen and oxygen atoms in total. The second kappa shape index (κ2) is 7.76. The molecule has 2 atom stereocenters. The number of urea groups is 1. The summed E-state index contributed by atoms with van der Waals surface area (Å²) in [7, 11) is 0. The highest BCUT2D eigenvalue weighted by Gasteiger charge is 2.30. The number of carbonyl (C=O) groups excluding carboxylic acids is 1. The van der Waals surface area contributed by atoms with Crippen LogP contribution in [0.2, 0.25) is 0 Å². The van der Waals surface area contributed by atoms with Crippen LogP contribution in [0.1, 0.15) is 44.9 Å². The molecule has 2 heterocycles. The Morgan fingerprint density at radius 2 is 2.04 bits per heavy atom. The van der Waals surface area contributed by atoms with Crippen LogP contribution in [0.3, 0.4) is 0 Å². The van der Waals surface area contributed by atoms with Gasteiger partial charge in [0.15, 0.2) is 0 Å². The lowest BCUT2D eigenvalue weighted by atomic mass is 9.96. The molecule has 1 fully saturated rings. The number of amides is 2. The summed E-state index contributed by atoms with van der Waals surface area (Å²) in [5.74, 6) is 0.167. The summed E-state index contributed by atoms with van der Waals surface area (Å²) in [4.78, 5) is 33.6. The van der Waals surface area contributed by atoms with Crippen LogP contribution in [-0.4, -0.2) is 51.1 Å². The molecule has 0 bridgehead atoms. The highest BCUT2D eigenvalue weighted by atomic mass is 16.4. The van der Waals surface area contributed by atoms with Crippen molar-refractivity contribution in [1.82, 2.24) is 20.2 Å². The molecule has 1 aromatic carbocycles. The van der Waals surface area contributed by atoms with E-state index in [2.05, 4.69) is 15.3 Å². The molecule has 2 aromatic rings. The number of hydrogen-bond acceptors (Lipinski definition) is 3. The van der Waals surface area contributed by atoms with Crippen LogP contribution in [0.5, 0.6) is 0 Å². The van der Waals surface area contributed by atoms with Crippen LogP contribution in [0, 0.1) is 5.92 Å². The molecule has 0 saturated carbocycles. The average molecular weight is 358 g/mol. The van der Waals surface area contributed by atoms with Gasteiger partial charge in [-0.05, 0) is 30.9 Å². The predicted molar refractivity (Wildman–Crippen MR) is 99.1 cm³/mol. The van der Waals surface area contributed by atoms with E-state index in [-0.39, 0.29) is 17.9 Å². The van der Waals surface area contributed by atoms with Gasteiger partial charge in [0.1, 0.15) is 11.9 Å². The Morgan fingerprint density at radius 3 is 2.65 bits per heavy atom. The van der Waals surface area contributed by atoms with E-state index in [1.807, 2.05) is 38.1 Å². The Kier molecular flexibility index (Phi) is 5.44. The van der Waals surface area contributed by atoms with Gasteiger partial charge in [-0.25, -0.2) is 14.6 Å². The van der Waals surface area contributed by atoms with Crippen molar-refractivity contribution in [3.8, 4) is 0 Å². The predicted octanol–water partition coefficient (Wildman–Crippen LogP) is 2.95. The average Bonchev–Trinajstić information content (AvgIpc) is 3.09. The van der Waals surface area contributed by atoms with Crippen molar-refractivity contribution in [1.29, 1.82) is 0 Å². The molecule has 3 N–H and O–H groups in total. The summed E-state index contributed by atoms with van der Waals surface area (Å²) in [6.07, 6.45) is 2.33. The maximum Gasteiger partial charge on any atom is 0.326 e. The Morgan fingerprint density at radius 1 is 1.35 bits per heavy atom. The van der Waals surface area contributed by atoms with Gasteiger partial charge < -0.3 is 20.3 Å². The molecule has 3 rings (SSSR count). The third-order valence-corrected chi connectivity index (χ3v) is 5.33. The van der Waals surface area contributed by atoms with Gasteiger partial charge in [-0.15, -0.1) is 0 Å². The molecule has 2 amide bonds. The van der Waals surface area contributed by atoms with Crippen LogP contribution >= 0.6 is 0 Å². The Hall–Kier alpha value is -2.57. The zero-order valence-corrected chi connectivity index (χ0v) is 15.2. The number of nitrogens with one attached hydrogen (secondary N) is 2. The zero-order valence-electron chi connectivity index (χ0n) is 15.2. The van der Waals surface area contributed by atoms with E-state index in [1.54, 1.807) is 4.90 Å². The quantitative estimate of drug-likeness (QED) is 0.765. The zero-order chi connectivity index (χ0) is 18.7. The molecule has 1 aliphatic rings. The standard InChI is InChI=1S/C19H26N4O3/c1-3-12(2)16(18(24)25)22-19(26)23-10-8-13(9-11-23)17-20-14-6-4-5-7-15(14)21-17/h4-7,12-13,16H,3,8-11H2,1-2H3,(H,20,21)(H,22,26)(H,24,25)/t12-,16+/m0/s1. The summed E-state index contributed by atoms with van der Waals surface area (Å²) < 4.78 is 0. The van der Waals surface area contributed by atoms with Gasteiger partial charge in [0.05, 0.1) is 11.0 Å². The molecule has 1 aromatic heterocycles. The molecule has 1 aliphatic heterocycles. The number of carboxylic acid groups (broad SMARTS) is 1. The lowest BCUT2D eigenvalue weighted by Crippen LogP contribution is -2.52. The fourth-order valence-electron chi connectivity index (χ4n) is 3.43. The van der Waals surface area contributed by atoms with Crippen LogP contribution in [0.15, 0.2) is 24.3 Å². The molecule has 140 valence electrons. The molecule has 0 aliphatic carbocycles. The van der Waals surface area contributed by atoms with Crippen molar-refractivity contribution < 1.29 is 14.7 Å². The maximum absolute atomic E-state index is 12.4. The second-order valence-corrected chi connectivity index (χ2v) is 7.05. The van der Waals surface area contributed by atoms with Gasteiger partial charge in [0.25, 0.3) is 0 Å². The third kappa shape index (κ3) is 3.81. The topological polar surface area (TPSA) is 98.3 Å². The number of piperidine rings is 1. The summed E-state index contributed by atoms with van der Waals surface area (Å²) in [6.45, 7) is 4.96. The number of imidazole rings is 1. The van der Waals surface area contributed by atoms with Crippen LogP contribution in [0.4, 0.5) is 4.79 Å². The second-order valence-electron chi connectivity index (χ2n) is 7.05. The number of carboxylic acids is 1. The van der Waals surface area contributed by atoms with E-state index in [4.69, 9.17) is 0 Å². The first-order valence-corrected chi connectivity index (χ1v) is 9.22. The van der Waals surface area contributed by atoms with Gasteiger partial charge in [0, 0.05) is 19.0 Å². The number of fused-ring (bicyclic) bond motifs is 1. The monoisotopic (exact) mass is 358 g/mol. The lowest BCUT2D eigenvalue weighted by molar-refractivity contribution is -0.140. The van der Waals surface area contributed by atoms with Crippen molar-refractivity contribution in [2.24, 2.45) is 5.92 Å². The van der Waals surface area contributed by atoms with E-state index < -0.39 is 12.0 Å². The fraction of sp³-hybridized carbons (Fsp3) is 0.526. The molecule has 0 radical (unpaired) electrons. The summed E-state index contributed by atoms with van der Waals surface area (Å²) in [5, 5.41) is 12.0. The lowest BCUT2D eigenvalue weighted by Gasteiger charge is -2.32. The number of rotatable bonds is 5. The summed E-state index contributed by atoms with van der Waals surface area (Å²) in [6, 6.07) is 6.80. The van der Waals surface area contributed by atoms with E-state index in [0.717, 1.165) is 29.7 Å². The van der Waals surface area contributed by atoms with E-state index in [1.165, 1.54) is 0 Å². The Balaban J connectivity index is 1.59. The van der Waals surface area contributed by atoms with E-state index >= 15 is 0 Å². The van der Waals surface area contributed by atoms with Crippen LogP contribution in [-0.2, 0) is 4.79 Å². The van der Waals surface area contributed by atoms with E-state index in [0.29, 0.717) is 19.5 Å². The van der Waals surface area contributed by atoms with Gasteiger partial charge in [-0.3, -0.25) is 0 Å². The van der Waals surface area contributed by atoms with Gasteiger partial charge in [0.2, 0.25) is 0 Å². The number of carbonyl (C=O) groups is 2. The third-order valence-electron chi connectivity index (χ3n) is 5.33. The van der Waals surface area contributed by atoms with Gasteiger partial charge in [-0.2, -0.15) is 0 Å². The van der Waals surface area contributed by atoms with Crippen LogP contribution < -0.4 is 5.32 Å². The molecular formula is C19H26N4O3. The first-order valence-electron chi connectivity index (χ1n) is 9.22. The molecule has 0 spiro atoms. The highest BCUT2D eigenvalue weighted by molar-refractivity contribution is 5.83. The molecule has 7 heteroatoms. The van der Waals surface area contributed by atoms with E-state index in [9.17, 15) is 14.7 Å². The maximum atomic E-state index is 12.4. The smallest absolute Gasteiger partial charge is 0.326 e. The van der Waals surface area contributed by atoms with Crippen molar-refractivity contribution in [2.75, 3.05) is 13.1 Å². The first-order chi connectivity index (χ1) is 12.5. The number of benzene rings is 1. The van der Waals surface area contributed by atoms with Gasteiger partial charge in [-0.1, -0.05) is 32.4 Å². The minimum atomic E-state index is -0.982. The van der Waals surface area contributed by atoms with Crippen molar-refractivity contribution in [3.63, 3.8) is 0 Å². The number of para-hydroxylation sites is 2. The van der Waals surface area contributed by atoms with Crippen molar-refractivity contribution >= 4 is 23.0 Å². The largest absolute Gasteiger partial charge is 0.480 e. The molecule has 26 heavy (non-hydrogen) atoms. The molecule has 0 unspecified atom stereocenters. The molecule has 1 saturated heterocycles. The number of aliphatic carboxylic acids is 1. The Labute approximate surface area is 152 Å². The highest BCUT2D eigenvalue weighted by Crippen LogP contribution is 2.27. The summed E-state index contributed by atoms with van der Waals surface area (Å²) >= 11 is 0.